The maximum Gasteiger partial charge on any atom is 0.334 e. The molecule has 8 atom stereocenters. The molecule has 2 saturated heterocycles. The SMILES string of the molecule is C=C1C(=O)OC2C1C(OC(=O)C(C)CC)CC(=C)C1(O)CC3OC3(C)C21. The maximum absolute atomic E-state index is 12.4. The Morgan fingerprint density at radius 2 is 2.15 bits per heavy atom. The predicted octanol–water partition coefficient (Wildman–Crippen LogP) is 1.91. The van der Waals surface area contributed by atoms with Crippen LogP contribution >= 0.6 is 0 Å². The molecule has 2 heterocycles. The summed E-state index contributed by atoms with van der Waals surface area (Å²) >= 11 is 0. The minimum absolute atomic E-state index is 0.0679. The third-order valence-electron chi connectivity index (χ3n) is 6.94. The Kier molecular flexibility index (Phi) is 3.70. The van der Waals surface area contributed by atoms with Crippen LogP contribution in [0.3, 0.4) is 0 Å². The number of aliphatic hydroxyl groups is 1. The lowest BCUT2D eigenvalue weighted by Crippen LogP contribution is -2.49. The second-order valence-corrected chi connectivity index (χ2v) is 8.41. The standard InChI is InChI=1S/C20H26O6/c1-6-9(2)17(21)24-12-7-10(3)20(23)8-13-19(5,26-13)16(20)15-14(12)11(4)18(22)25-15/h9,12-16,23H,3-4,6-8H2,1-2,5H3. The van der Waals surface area contributed by atoms with Crippen LogP contribution in [-0.4, -0.2) is 46.6 Å². The monoisotopic (exact) mass is 362 g/mol. The van der Waals surface area contributed by atoms with Crippen molar-refractivity contribution in [2.75, 3.05) is 0 Å². The minimum atomic E-state index is -1.19. The molecule has 6 nitrogen and oxygen atoms in total. The fourth-order valence-corrected chi connectivity index (χ4v) is 5.05. The first-order chi connectivity index (χ1) is 12.1. The average Bonchev–Trinajstić information content (AvgIpc) is 3.05. The number of hydrogen-bond acceptors (Lipinski definition) is 6. The smallest absolute Gasteiger partial charge is 0.334 e. The Hall–Kier alpha value is -1.66. The van der Waals surface area contributed by atoms with Crippen molar-refractivity contribution >= 4 is 11.9 Å². The van der Waals surface area contributed by atoms with Gasteiger partial charge in [-0.25, -0.2) is 4.79 Å². The zero-order valence-electron chi connectivity index (χ0n) is 15.5. The minimum Gasteiger partial charge on any atom is -0.461 e. The molecule has 0 aromatic heterocycles. The molecule has 2 saturated carbocycles. The molecule has 8 unspecified atom stereocenters. The Balaban J connectivity index is 1.72. The highest BCUT2D eigenvalue weighted by atomic mass is 16.6. The summed E-state index contributed by atoms with van der Waals surface area (Å²) < 4.78 is 17.2. The van der Waals surface area contributed by atoms with Gasteiger partial charge < -0.3 is 19.3 Å². The van der Waals surface area contributed by atoms with E-state index in [4.69, 9.17) is 14.2 Å². The number of hydrogen-bond donors (Lipinski definition) is 1. The Morgan fingerprint density at radius 1 is 1.46 bits per heavy atom. The first-order valence-corrected chi connectivity index (χ1v) is 9.32. The van der Waals surface area contributed by atoms with Gasteiger partial charge in [-0.05, 0) is 18.9 Å². The molecule has 6 heteroatoms. The van der Waals surface area contributed by atoms with Gasteiger partial charge in [0.25, 0.3) is 0 Å². The van der Waals surface area contributed by atoms with Gasteiger partial charge in [0, 0.05) is 18.4 Å². The van der Waals surface area contributed by atoms with E-state index in [9.17, 15) is 14.7 Å². The summed E-state index contributed by atoms with van der Waals surface area (Å²) in [5.41, 5.74) is -0.842. The number of ether oxygens (including phenoxy) is 3. The number of rotatable bonds is 3. The molecule has 0 aromatic rings. The highest BCUT2D eigenvalue weighted by molar-refractivity contribution is 5.91. The van der Waals surface area contributed by atoms with E-state index in [0.29, 0.717) is 24.0 Å². The summed E-state index contributed by atoms with van der Waals surface area (Å²) in [6.45, 7) is 13.7. The van der Waals surface area contributed by atoms with Crippen molar-refractivity contribution in [2.24, 2.45) is 17.8 Å². The molecule has 0 spiro atoms. The zero-order chi connectivity index (χ0) is 19.0. The van der Waals surface area contributed by atoms with Gasteiger partial charge in [-0.1, -0.05) is 27.0 Å². The van der Waals surface area contributed by atoms with Crippen molar-refractivity contribution in [1.29, 1.82) is 0 Å². The van der Waals surface area contributed by atoms with E-state index in [1.807, 2.05) is 20.8 Å². The van der Waals surface area contributed by atoms with Crippen LogP contribution in [0.1, 0.15) is 40.0 Å². The van der Waals surface area contributed by atoms with E-state index in [0.717, 1.165) is 0 Å². The van der Waals surface area contributed by atoms with Gasteiger partial charge in [-0.15, -0.1) is 0 Å². The van der Waals surface area contributed by atoms with Crippen LogP contribution in [0.4, 0.5) is 0 Å². The second kappa shape index (κ2) is 5.42. The van der Waals surface area contributed by atoms with Crippen LogP contribution < -0.4 is 0 Å². The van der Waals surface area contributed by atoms with Gasteiger partial charge in [0.1, 0.15) is 17.8 Å². The first-order valence-electron chi connectivity index (χ1n) is 9.32. The lowest BCUT2D eigenvalue weighted by molar-refractivity contribution is -0.158. The Morgan fingerprint density at radius 3 is 2.81 bits per heavy atom. The summed E-state index contributed by atoms with van der Waals surface area (Å²) in [4.78, 5) is 24.7. The zero-order valence-corrected chi connectivity index (χ0v) is 15.5. The fraction of sp³-hybridized carbons (Fsp3) is 0.700. The molecule has 0 bridgehead atoms. The molecule has 0 amide bonds. The second-order valence-electron chi connectivity index (χ2n) is 8.41. The third kappa shape index (κ3) is 2.18. The first kappa shape index (κ1) is 17.7. The van der Waals surface area contributed by atoms with Gasteiger partial charge in [-0.3, -0.25) is 4.79 Å². The molecule has 4 fully saturated rings. The predicted molar refractivity (Wildman–Crippen MR) is 91.9 cm³/mol. The van der Waals surface area contributed by atoms with Crippen molar-refractivity contribution in [1.82, 2.24) is 0 Å². The summed E-state index contributed by atoms with van der Waals surface area (Å²) in [6, 6.07) is 0. The van der Waals surface area contributed by atoms with E-state index in [1.54, 1.807) is 0 Å². The topological polar surface area (TPSA) is 85.4 Å². The average molecular weight is 362 g/mol. The number of esters is 2. The van der Waals surface area contributed by atoms with Crippen LogP contribution in [0.15, 0.2) is 24.3 Å². The highest BCUT2D eigenvalue weighted by Crippen LogP contribution is 2.65. The lowest BCUT2D eigenvalue weighted by Gasteiger charge is -2.37. The molecular weight excluding hydrogens is 336 g/mol. The molecule has 26 heavy (non-hydrogen) atoms. The molecule has 142 valence electrons. The molecular formula is C20H26O6. The quantitative estimate of drug-likeness (QED) is 0.357. The number of epoxide rings is 1. The Bertz CT molecular complexity index is 713. The van der Waals surface area contributed by atoms with Gasteiger partial charge in [0.05, 0.1) is 29.5 Å². The third-order valence-corrected chi connectivity index (χ3v) is 6.94. The molecule has 0 radical (unpaired) electrons. The van der Waals surface area contributed by atoms with Crippen LogP contribution in [0.25, 0.3) is 0 Å². The molecule has 4 aliphatic rings. The van der Waals surface area contributed by atoms with Crippen molar-refractivity contribution in [2.45, 2.75) is 69.5 Å². The molecule has 1 N–H and O–H groups in total. The van der Waals surface area contributed by atoms with Gasteiger partial charge in [0.2, 0.25) is 0 Å². The maximum atomic E-state index is 12.4. The molecule has 4 rings (SSSR count). The number of carbonyl (C=O) groups excluding carboxylic acids is 2. The molecule has 2 aliphatic carbocycles. The van der Waals surface area contributed by atoms with Crippen LogP contribution in [0.2, 0.25) is 0 Å². The van der Waals surface area contributed by atoms with Crippen LogP contribution in [0.5, 0.6) is 0 Å². The van der Waals surface area contributed by atoms with Crippen LogP contribution in [0, 0.1) is 17.8 Å². The molecule has 2 aliphatic heterocycles. The van der Waals surface area contributed by atoms with Gasteiger partial charge >= 0.3 is 11.9 Å². The van der Waals surface area contributed by atoms with E-state index in [2.05, 4.69) is 13.2 Å². The highest BCUT2D eigenvalue weighted by Gasteiger charge is 2.77. The van der Waals surface area contributed by atoms with Gasteiger partial charge in [-0.2, -0.15) is 0 Å². The number of fused-ring (bicyclic) bond motifs is 5. The largest absolute Gasteiger partial charge is 0.461 e. The Labute approximate surface area is 153 Å². The van der Waals surface area contributed by atoms with E-state index in [-0.39, 0.29) is 24.4 Å². The van der Waals surface area contributed by atoms with Gasteiger partial charge in [0.15, 0.2) is 0 Å². The van der Waals surface area contributed by atoms with Crippen molar-refractivity contribution in [3.8, 4) is 0 Å². The summed E-state index contributed by atoms with van der Waals surface area (Å²) in [7, 11) is 0. The fourth-order valence-electron chi connectivity index (χ4n) is 5.05. The van der Waals surface area contributed by atoms with E-state index >= 15 is 0 Å². The summed E-state index contributed by atoms with van der Waals surface area (Å²) in [5, 5.41) is 11.4. The van der Waals surface area contributed by atoms with E-state index < -0.39 is 41.2 Å². The summed E-state index contributed by atoms with van der Waals surface area (Å²) in [6.07, 6.45) is 0.0506. The normalized spacial score (nSPS) is 47.4. The van der Waals surface area contributed by atoms with E-state index in [1.165, 1.54) is 0 Å². The van der Waals surface area contributed by atoms with Crippen molar-refractivity contribution in [3.63, 3.8) is 0 Å². The molecule has 0 aromatic carbocycles. The van der Waals surface area contributed by atoms with Crippen LogP contribution in [-0.2, 0) is 23.8 Å². The van der Waals surface area contributed by atoms with Crippen molar-refractivity contribution in [3.05, 3.63) is 24.3 Å². The number of carbonyl (C=O) groups is 2. The lowest BCUT2D eigenvalue weighted by atomic mass is 9.75. The summed E-state index contributed by atoms with van der Waals surface area (Å²) in [5.74, 6) is -1.99. The van der Waals surface area contributed by atoms with Crippen molar-refractivity contribution < 1.29 is 28.9 Å².